The van der Waals surface area contributed by atoms with Crippen LogP contribution in [0.4, 0.5) is 14.4 Å². The molecule has 0 saturated carbocycles. The van der Waals surface area contributed by atoms with Gasteiger partial charge in [-0.2, -0.15) is 0 Å². The fourth-order valence-corrected chi connectivity index (χ4v) is 10.0. The molecule has 0 unspecified atom stereocenters. The number of piperidine rings is 1. The highest BCUT2D eigenvalue weighted by Crippen LogP contribution is 2.26. The van der Waals surface area contributed by atoms with Crippen LogP contribution in [0.5, 0.6) is 23.0 Å². The van der Waals surface area contributed by atoms with Crippen LogP contribution in [0.25, 0.3) is 24.3 Å². The van der Waals surface area contributed by atoms with Crippen LogP contribution in [-0.4, -0.2) is 119 Å². The molecular formula is C82H73N7O24. The summed E-state index contributed by atoms with van der Waals surface area (Å²) in [5.41, 5.74) is 5.73. The molecule has 113 heavy (non-hydrogen) atoms. The predicted octanol–water partition coefficient (Wildman–Crippen LogP) is 9.19. The number of carboxylic acid groups (broad SMARTS) is 2. The van der Waals surface area contributed by atoms with Crippen LogP contribution in [0.1, 0.15) is 115 Å². The van der Waals surface area contributed by atoms with Crippen molar-refractivity contribution < 1.29 is 115 Å². The van der Waals surface area contributed by atoms with Crippen LogP contribution < -0.4 is 56.2 Å². The van der Waals surface area contributed by atoms with E-state index in [2.05, 4.69) is 10.1 Å². The number of carboxylic acids is 2. The lowest BCUT2D eigenvalue weighted by Crippen LogP contribution is -2.51. The molecule has 0 aromatic heterocycles. The second kappa shape index (κ2) is 41.0. The van der Waals surface area contributed by atoms with Gasteiger partial charge in [0.2, 0.25) is 5.91 Å². The maximum Gasteiger partial charge on any atom is 0.337 e. The summed E-state index contributed by atoms with van der Waals surface area (Å²) in [6, 6.07) is 50.8. The molecule has 14 amide bonds. The number of carbonyl (C=O) groups is 16. The molecule has 8 aromatic rings. The molecule has 31 heteroatoms. The molecule has 4 heterocycles. The number of methoxy groups -OCH3 is 2. The first kappa shape index (κ1) is 86.4. The summed E-state index contributed by atoms with van der Waals surface area (Å²) < 4.78 is 32.1. The Morgan fingerprint density at radius 2 is 0.673 bits per heavy atom. The average molecular weight is 1540 g/mol. The number of ether oxygens (including phenoxy) is 6. The summed E-state index contributed by atoms with van der Waals surface area (Å²) in [6.45, 7) is 0.751. The summed E-state index contributed by atoms with van der Waals surface area (Å²) in [7, 11) is 2.63. The molecule has 0 radical (unpaired) electrons. The number of rotatable bonds is 20. The lowest BCUT2D eigenvalue weighted by atomic mass is 10.0. The Morgan fingerprint density at radius 3 is 1.07 bits per heavy atom. The lowest BCUT2D eigenvalue weighted by Gasteiger charge is -2.15. The van der Waals surface area contributed by atoms with Crippen molar-refractivity contribution in [1.82, 2.24) is 37.2 Å². The van der Waals surface area contributed by atoms with Crippen molar-refractivity contribution in [3.8, 4) is 23.0 Å². The number of esters is 2. The number of ketones is 1. The fraction of sp³-hybridized carbons (Fsp3) is 0.122. The minimum absolute atomic E-state index is 0. The third-order valence-electron chi connectivity index (χ3n) is 15.4. The summed E-state index contributed by atoms with van der Waals surface area (Å²) >= 11 is 0. The largest absolute Gasteiger partial charge is 0.489 e. The number of nitrogens with one attached hydrogen (secondary N) is 7. The number of Topliss-reactive ketones (excluding diaryl/α,β-unsaturated/α-hetero) is 1. The number of amides is 14. The zero-order chi connectivity index (χ0) is 79.0. The molecule has 4 saturated heterocycles. The Balaban J connectivity index is 0.000000233. The van der Waals surface area contributed by atoms with Gasteiger partial charge in [-0.25, -0.2) is 33.6 Å². The molecule has 4 aliphatic heterocycles. The van der Waals surface area contributed by atoms with E-state index in [9.17, 15) is 76.7 Å². The summed E-state index contributed by atoms with van der Waals surface area (Å²) in [5.74, 6) is -7.31. The van der Waals surface area contributed by atoms with Gasteiger partial charge >= 0.3 is 42.0 Å². The van der Waals surface area contributed by atoms with Gasteiger partial charge in [-0.15, -0.1) is 0 Å². The van der Waals surface area contributed by atoms with Crippen LogP contribution in [0.15, 0.2) is 216 Å². The van der Waals surface area contributed by atoms with E-state index in [-0.39, 0.29) is 88.5 Å². The standard InChI is InChI=1S/2C20H16N2O6.C20H15NO6.C19H14N2O6.3CH4/c1-27-19(25)14-6-2-5-13(8-14)11-28-15-7-3-4-12(9-15)10-16-17(23)21-20(26)22-18(16)24;1-27-19(25)14-4-2-3-13(9-14)11-28-15-7-5-12(6-8-15)10-16-17(23)21-20(26)22-18(16)24;22-17-10-18(23)21-19(24)16(17)9-12-4-6-15(7-5-12)27-11-13-2-1-3-14(8-13)20(25)26;22-16-14(17(23)21-19(26)20-16)9-12-5-1-2-7-15(12)27-10-11-4-3-6-13(8-11)18(24)25;;;/h2*2-10H,11H2,1H3,(H2,21,22,23,24,26);1-9H,10-11H2,(H,25,26)(H,21,23,24);1-9H,10H2,(H,24,25)(H2,20,21,22,23,26);3*1H4/b;;16-9+;;;;. The Hall–Kier alpha value is -15.6. The SMILES string of the molecule is C.C.C.COC(=O)c1cccc(COc2ccc(C=C3C(=O)NC(=O)NC3=O)cc2)c1.COC(=O)c1cccc(COc2cccc(C=C3C(=O)NC(=O)NC3=O)c2)c1.O=C1CC(=O)/C(=C\c2ccc(OCc3cccc(C(=O)O)c3)cc2)C(=O)N1.O=C1NC(=O)C(=Cc2ccccc2OCc2cccc(C(=O)O)c2)C(=O)N1. The maximum absolute atomic E-state index is 11.9. The van der Waals surface area contributed by atoms with Crippen molar-refractivity contribution in [3.05, 3.63) is 283 Å². The van der Waals surface area contributed by atoms with E-state index in [0.29, 0.717) is 61.9 Å². The van der Waals surface area contributed by atoms with Crippen LogP contribution in [-0.2, 0) is 79.1 Å². The number of para-hydroxylation sites is 1. The van der Waals surface area contributed by atoms with E-state index < -0.39 is 95.0 Å². The number of hydrogen-bond acceptors (Lipinski definition) is 22. The first-order chi connectivity index (χ1) is 52.8. The zero-order valence-electron chi connectivity index (χ0n) is 57.7. The number of benzene rings is 8. The lowest BCUT2D eigenvalue weighted by molar-refractivity contribution is -0.135. The number of carbonyl (C=O) groups excluding carboxylic acids is 14. The molecule has 580 valence electrons. The van der Waals surface area contributed by atoms with Crippen molar-refractivity contribution in [1.29, 1.82) is 0 Å². The molecule has 31 nitrogen and oxygen atoms in total. The fourth-order valence-electron chi connectivity index (χ4n) is 10.0. The Kier molecular flexibility index (Phi) is 31.3. The monoisotopic (exact) mass is 1540 g/mol. The van der Waals surface area contributed by atoms with Gasteiger partial charge in [0.1, 0.15) is 66.1 Å². The third-order valence-corrected chi connectivity index (χ3v) is 15.4. The van der Waals surface area contributed by atoms with Crippen LogP contribution in [0, 0.1) is 0 Å². The maximum atomic E-state index is 11.9. The summed E-state index contributed by atoms with van der Waals surface area (Å²) in [5, 5.41) is 32.2. The first-order valence-electron chi connectivity index (χ1n) is 32.4. The second-order valence-electron chi connectivity index (χ2n) is 23.2. The predicted molar refractivity (Wildman–Crippen MR) is 405 cm³/mol. The molecule has 12 rings (SSSR count). The van der Waals surface area contributed by atoms with Gasteiger partial charge in [-0.3, -0.25) is 80.4 Å². The molecule has 4 aliphatic rings. The molecule has 0 bridgehead atoms. The van der Waals surface area contributed by atoms with Crippen molar-refractivity contribution in [2.75, 3.05) is 14.2 Å². The van der Waals surface area contributed by atoms with Crippen molar-refractivity contribution in [2.24, 2.45) is 0 Å². The highest BCUT2D eigenvalue weighted by Gasteiger charge is 2.31. The number of urea groups is 3. The highest BCUT2D eigenvalue weighted by atomic mass is 16.5. The Bertz CT molecular complexity index is 5110. The van der Waals surface area contributed by atoms with E-state index in [1.807, 2.05) is 44.0 Å². The minimum atomic E-state index is -1.04. The van der Waals surface area contributed by atoms with Crippen molar-refractivity contribution >= 4 is 119 Å². The van der Waals surface area contributed by atoms with Crippen molar-refractivity contribution in [3.63, 3.8) is 0 Å². The van der Waals surface area contributed by atoms with Gasteiger partial charge in [0.15, 0.2) is 5.78 Å². The van der Waals surface area contributed by atoms with E-state index in [0.717, 1.165) is 16.7 Å². The van der Waals surface area contributed by atoms with E-state index in [1.54, 1.807) is 158 Å². The highest BCUT2D eigenvalue weighted by molar-refractivity contribution is 6.34. The molecule has 0 aliphatic carbocycles. The molecule has 8 aromatic carbocycles. The van der Waals surface area contributed by atoms with E-state index in [4.69, 9.17) is 33.9 Å². The average Bonchev–Trinajstić information content (AvgIpc) is 0.833. The number of barbiturate groups is 3. The molecule has 9 N–H and O–H groups in total. The molecule has 0 spiro atoms. The zero-order valence-corrected chi connectivity index (χ0v) is 57.7. The van der Waals surface area contributed by atoms with E-state index in [1.165, 1.54) is 62.8 Å². The van der Waals surface area contributed by atoms with Gasteiger partial charge in [-0.05, 0) is 154 Å². The summed E-state index contributed by atoms with van der Waals surface area (Å²) in [4.78, 5) is 184. The number of aromatic carboxylic acids is 2. The Morgan fingerprint density at radius 1 is 0.336 bits per heavy atom. The minimum Gasteiger partial charge on any atom is -0.489 e. The second-order valence-corrected chi connectivity index (χ2v) is 23.2. The summed E-state index contributed by atoms with van der Waals surface area (Å²) in [6.07, 6.45) is 5.14. The van der Waals surface area contributed by atoms with Crippen LogP contribution >= 0.6 is 0 Å². The molecule has 0 atom stereocenters. The van der Waals surface area contributed by atoms with Gasteiger partial charge in [0.05, 0.1) is 48.5 Å². The van der Waals surface area contributed by atoms with E-state index >= 15 is 0 Å². The van der Waals surface area contributed by atoms with Gasteiger partial charge in [0, 0.05) is 5.56 Å². The van der Waals surface area contributed by atoms with Crippen LogP contribution in [0.3, 0.4) is 0 Å². The number of imide groups is 7. The topological polar surface area (TPSA) is 453 Å². The van der Waals surface area contributed by atoms with Gasteiger partial charge in [0.25, 0.3) is 41.4 Å². The molecule has 4 fully saturated rings. The smallest absolute Gasteiger partial charge is 0.337 e. The quantitative estimate of drug-likeness (QED) is 0.0113. The van der Waals surface area contributed by atoms with Gasteiger partial charge in [-0.1, -0.05) is 125 Å². The molecular weight excluding hydrogens is 1470 g/mol. The van der Waals surface area contributed by atoms with Crippen LogP contribution in [0.2, 0.25) is 0 Å². The number of hydrogen-bond donors (Lipinski definition) is 9. The van der Waals surface area contributed by atoms with Crippen molar-refractivity contribution in [2.45, 2.75) is 55.1 Å². The Labute approximate surface area is 644 Å². The normalized spacial score (nSPS) is 13.6. The third kappa shape index (κ3) is 25.0. The van der Waals surface area contributed by atoms with Gasteiger partial charge < -0.3 is 38.6 Å². The first-order valence-corrected chi connectivity index (χ1v) is 32.4.